The van der Waals surface area contributed by atoms with Crippen LogP contribution in [0.25, 0.3) is 0 Å². The van der Waals surface area contributed by atoms with E-state index in [1.54, 1.807) is 0 Å². The number of piperidine rings is 1. The molecule has 0 amide bonds. The molecule has 3 N–H and O–H groups in total. The van der Waals surface area contributed by atoms with Gasteiger partial charge in [-0.3, -0.25) is 4.79 Å². The summed E-state index contributed by atoms with van der Waals surface area (Å²) >= 11 is 0. The zero-order valence-corrected chi connectivity index (χ0v) is 6.62. The van der Waals surface area contributed by atoms with Crippen LogP contribution in [-0.2, 0) is 9.53 Å². The summed E-state index contributed by atoms with van der Waals surface area (Å²) in [4.78, 5) is 11.0. The fraction of sp³-hybridized carbons (Fsp3) is 0.857. The summed E-state index contributed by atoms with van der Waals surface area (Å²) in [6.45, 7) is 1.44. The van der Waals surface area contributed by atoms with Crippen molar-refractivity contribution >= 4 is 5.97 Å². The Labute approximate surface area is 65.5 Å². The van der Waals surface area contributed by atoms with E-state index in [9.17, 15) is 9.90 Å². The van der Waals surface area contributed by atoms with Crippen LogP contribution in [0.5, 0.6) is 0 Å². The van der Waals surface area contributed by atoms with Crippen molar-refractivity contribution in [1.29, 1.82) is 0 Å². The van der Waals surface area contributed by atoms with Gasteiger partial charge in [-0.25, -0.2) is 0 Å². The van der Waals surface area contributed by atoms with Gasteiger partial charge in [0, 0.05) is 0 Å². The zero-order valence-electron chi connectivity index (χ0n) is 6.62. The molecule has 0 aromatic carbocycles. The van der Waals surface area contributed by atoms with E-state index < -0.39 is 0 Å². The van der Waals surface area contributed by atoms with Crippen LogP contribution < -0.4 is 5.32 Å². The first-order valence-corrected chi connectivity index (χ1v) is 3.81. The van der Waals surface area contributed by atoms with Crippen molar-refractivity contribution in [1.82, 2.24) is 0 Å². The molecule has 1 fully saturated rings. The molecule has 4 nitrogen and oxygen atoms in total. The summed E-state index contributed by atoms with van der Waals surface area (Å²) in [5.41, 5.74) is 0. The molecule has 0 spiro atoms. The molecule has 0 bridgehead atoms. The van der Waals surface area contributed by atoms with Crippen LogP contribution in [-0.4, -0.2) is 37.4 Å². The van der Waals surface area contributed by atoms with E-state index in [4.69, 9.17) is 0 Å². The Hall–Kier alpha value is -0.610. The quantitative estimate of drug-likeness (QED) is 0.441. The summed E-state index contributed by atoms with van der Waals surface area (Å²) < 4.78 is 4.57. The lowest BCUT2D eigenvalue weighted by molar-refractivity contribution is -0.674. The van der Waals surface area contributed by atoms with Crippen LogP contribution in [0.3, 0.4) is 0 Å². The van der Waals surface area contributed by atoms with E-state index in [0.29, 0.717) is 13.0 Å². The minimum absolute atomic E-state index is 0.122. The van der Waals surface area contributed by atoms with Gasteiger partial charge < -0.3 is 15.2 Å². The van der Waals surface area contributed by atoms with Crippen molar-refractivity contribution in [3.63, 3.8) is 0 Å². The molecule has 0 saturated carbocycles. The third-order valence-electron chi connectivity index (χ3n) is 1.98. The Balaban J connectivity index is 2.39. The maximum absolute atomic E-state index is 11.0. The van der Waals surface area contributed by atoms with E-state index in [1.165, 1.54) is 7.11 Å². The largest absolute Gasteiger partial charge is 0.469 e. The molecule has 0 unspecified atom stereocenters. The Morgan fingerprint density at radius 1 is 1.64 bits per heavy atom. The SMILES string of the molecule is COC(=O)[C@H]1C[NH2+]C[C@@H](O)C1. The molecule has 64 valence electrons. The highest BCUT2D eigenvalue weighted by Gasteiger charge is 2.29. The smallest absolute Gasteiger partial charge is 0.314 e. The number of quaternary nitrogens is 1. The summed E-state index contributed by atoms with van der Waals surface area (Å²) in [7, 11) is 1.38. The number of methoxy groups -OCH3 is 1. The minimum Gasteiger partial charge on any atom is -0.469 e. The van der Waals surface area contributed by atoms with Crippen molar-refractivity contribution in [3.8, 4) is 0 Å². The van der Waals surface area contributed by atoms with E-state index in [-0.39, 0.29) is 18.0 Å². The molecule has 1 saturated heterocycles. The van der Waals surface area contributed by atoms with E-state index >= 15 is 0 Å². The maximum Gasteiger partial charge on any atom is 0.314 e. The van der Waals surface area contributed by atoms with Crippen LogP contribution in [0, 0.1) is 5.92 Å². The van der Waals surface area contributed by atoms with E-state index in [0.717, 1.165) is 6.54 Å². The number of carbonyl (C=O) groups is 1. The van der Waals surface area contributed by atoms with Gasteiger partial charge in [0.05, 0.1) is 13.7 Å². The van der Waals surface area contributed by atoms with Gasteiger partial charge in [0.1, 0.15) is 18.6 Å². The van der Waals surface area contributed by atoms with Gasteiger partial charge in [0.2, 0.25) is 0 Å². The molecule has 2 atom stereocenters. The Bertz CT molecular complexity index is 149. The van der Waals surface area contributed by atoms with Crippen LogP contribution in [0.15, 0.2) is 0 Å². The van der Waals surface area contributed by atoms with Crippen molar-refractivity contribution in [3.05, 3.63) is 0 Å². The summed E-state index contributed by atoms with van der Waals surface area (Å²) in [5.74, 6) is -0.330. The standard InChI is InChI=1S/C7H13NO3/c1-11-7(10)5-2-6(9)4-8-3-5/h5-6,8-9H,2-4H2,1H3/p+1/t5-,6+/m1/s1. The normalized spacial score (nSPS) is 31.5. The van der Waals surface area contributed by atoms with Crippen molar-refractivity contribution in [2.24, 2.45) is 5.92 Å². The van der Waals surface area contributed by atoms with Crippen LogP contribution in [0.1, 0.15) is 6.42 Å². The van der Waals surface area contributed by atoms with Gasteiger partial charge in [-0.2, -0.15) is 0 Å². The highest BCUT2D eigenvalue weighted by molar-refractivity contribution is 5.72. The number of carbonyl (C=O) groups excluding carboxylic acids is 1. The summed E-state index contributed by atoms with van der Waals surface area (Å²) in [5, 5.41) is 11.1. The predicted molar refractivity (Wildman–Crippen MR) is 37.8 cm³/mol. The molecule has 0 aliphatic carbocycles. The fourth-order valence-corrected chi connectivity index (χ4v) is 1.37. The minimum atomic E-state index is -0.354. The van der Waals surface area contributed by atoms with E-state index in [1.807, 2.05) is 5.32 Å². The van der Waals surface area contributed by atoms with E-state index in [2.05, 4.69) is 4.74 Å². The average Bonchev–Trinajstić information content (AvgIpc) is 2.03. The van der Waals surface area contributed by atoms with Crippen molar-refractivity contribution in [2.45, 2.75) is 12.5 Å². The second-order valence-electron chi connectivity index (χ2n) is 2.87. The molecule has 0 aromatic heterocycles. The fourth-order valence-electron chi connectivity index (χ4n) is 1.37. The molecule has 11 heavy (non-hydrogen) atoms. The Morgan fingerprint density at radius 2 is 2.36 bits per heavy atom. The topological polar surface area (TPSA) is 63.1 Å². The Morgan fingerprint density at radius 3 is 2.91 bits per heavy atom. The van der Waals surface area contributed by atoms with Gasteiger partial charge in [-0.05, 0) is 6.42 Å². The third kappa shape index (κ3) is 2.17. The number of rotatable bonds is 1. The number of hydrogen-bond donors (Lipinski definition) is 2. The average molecular weight is 160 g/mol. The molecular formula is C7H14NO3+. The monoisotopic (exact) mass is 160 g/mol. The summed E-state index contributed by atoms with van der Waals surface area (Å²) in [6.07, 6.45) is 0.191. The molecule has 1 aliphatic rings. The first kappa shape index (κ1) is 8.49. The Kier molecular flexibility index (Phi) is 2.84. The first-order chi connectivity index (χ1) is 5.24. The number of ether oxygens (including phenoxy) is 1. The first-order valence-electron chi connectivity index (χ1n) is 3.81. The molecular weight excluding hydrogens is 146 g/mol. The number of aliphatic hydroxyl groups is 1. The lowest BCUT2D eigenvalue weighted by atomic mass is 9.98. The molecule has 1 heterocycles. The number of nitrogens with two attached hydrogens (primary N) is 1. The second-order valence-corrected chi connectivity index (χ2v) is 2.87. The molecule has 1 aliphatic heterocycles. The zero-order chi connectivity index (χ0) is 8.27. The van der Waals surface area contributed by atoms with Crippen LogP contribution in [0.4, 0.5) is 0 Å². The van der Waals surface area contributed by atoms with Crippen LogP contribution >= 0.6 is 0 Å². The highest BCUT2D eigenvalue weighted by atomic mass is 16.5. The molecule has 1 rings (SSSR count). The molecule has 0 aromatic rings. The second kappa shape index (κ2) is 3.69. The van der Waals surface area contributed by atoms with Crippen LogP contribution in [0.2, 0.25) is 0 Å². The summed E-state index contributed by atoms with van der Waals surface area (Å²) in [6, 6.07) is 0. The number of hydrogen-bond acceptors (Lipinski definition) is 3. The van der Waals surface area contributed by atoms with Gasteiger partial charge in [-0.15, -0.1) is 0 Å². The lowest BCUT2D eigenvalue weighted by Crippen LogP contribution is -2.90. The van der Waals surface area contributed by atoms with Gasteiger partial charge in [-0.1, -0.05) is 0 Å². The van der Waals surface area contributed by atoms with Crippen molar-refractivity contribution < 1.29 is 20.0 Å². The predicted octanol–water partition coefficient (Wildman–Crippen LogP) is -1.90. The molecule has 0 radical (unpaired) electrons. The van der Waals surface area contributed by atoms with Crippen molar-refractivity contribution in [2.75, 3.05) is 20.2 Å². The third-order valence-corrected chi connectivity index (χ3v) is 1.98. The highest BCUT2D eigenvalue weighted by Crippen LogP contribution is 2.08. The van der Waals surface area contributed by atoms with Gasteiger partial charge in [0.15, 0.2) is 0 Å². The lowest BCUT2D eigenvalue weighted by Gasteiger charge is -2.21. The number of aliphatic hydroxyl groups excluding tert-OH is 1. The number of esters is 1. The molecule has 4 heteroatoms. The van der Waals surface area contributed by atoms with Gasteiger partial charge >= 0.3 is 5.97 Å². The maximum atomic E-state index is 11.0. The van der Waals surface area contributed by atoms with Gasteiger partial charge in [0.25, 0.3) is 0 Å².